The van der Waals surface area contributed by atoms with Crippen LogP contribution in [-0.4, -0.2) is 17.1 Å². The highest BCUT2D eigenvalue weighted by molar-refractivity contribution is 6.30. The highest BCUT2D eigenvalue weighted by Crippen LogP contribution is 2.20. The SMILES string of the molecule is O=C(CC(O)c1ccc(Cl)cc1)NC1CCCCCC1. The van der Waals surface area contributed by atoms with E-state index >= 15 is 0 Å². The number of aliphatic hydroxyl groups is 1. The number of amides is 1. The highest BCUT2D eigenvalue weighted by Gasteiger charge is 2.17. The number of benzene rings is 1. The van der Waals surface area contributed by atoms with E-state index in [1.54, 1.807) is 24.3 Å². The minimum atomic E-state index is -0.766. The average molecular weight is 296 g/mol. The first-order valence-electron chi connectivity index (χ1n) is 7.38. The fourth-order valence-electron chi connectivity index (χ4n) is 2.69. The summed E-state index contributed by atoms with van der Waals surface area (Å²) in [6, 6.07) is 7.24. The Morgan fingerprint density at radius 2 is 1.80 bits per heavy atom. The Balaban J connectivity index is 1.82. The van der Waals surface area contributed by atoms with Crippen molar-refractivity contribution in [3.8, 4) is 0 Å². The number of carbonyl (C=O) groups is 1. The summed E-state index contributed by atoms with van der Waals surface area (Å²) in [6.07, 6.45) is 6.36. The molecule has 0 radical (unpaired) electrons. The van der Waals surface area contributed by atoms with Crippen molar-refractivity contribution in [2.75, 3.05) is 0 Å². The van der Waals surface area contributed by atoms with E-state index < -0.39 is 6.10 Å². The Morgan fingerprint density at radius 1 is 1.20 bits per heavy atom. The van der Waals surface area contributed by atoms with Crippen molar-refractivity contribution in [1.82, 2.24) is 5.32 Å². The van der Waals surface area contributed by atoms with Crippen LogP contribution in [0.3, 0.4) is 0 Å². The fraction of sp³-hybridized carbons (Fsp3) is 0.562. The van der Waals surface area contributed by atoms with Crippen LogP contribution < -0.4 is 5.32 Å². The molecule has 1 aromatic carbocycles. The van der Waals surface area contributed by atoms with Gasteiger partial charge in [0.25, 0.3) is 0 Å². The molecule has 1 saturated carbocycles. The van der Waals surface area contributed by atoms with Crippen LogP contribution in [0.15, 0.2) is 24.3 Å². The van der Waals surface area contributed by atoms with E-state index in [9.17, 15) is 9.90 Å². The zero-order valence-electron chi connectivity index (χ0n) is 11.6. The van der Waals surface area contributed by atoms with Gasteiger partial charge in [0.2, 0.25) is 5.91 Å². The van der Waals surface area contributed by atoms with Gasteiger partial charge in [0.05, 0.1) is 12.5 Å². The predicted octanol–water partition coefficient (Wildman–Crippen LogP) is 3.60. The topological polar surface area (TPSA) is 49.3 Å². The van der Waals surface area contributed by atoms with E-state index in [1.807, 2.05) is 0 Å². The van der Waals surface area contributed by atoms with E-state index in [0.717, 1.165) is 18.4 Å². The molecular formula is C16H22ClNO2. The normalized spacial score (nSPS) is 18.3. The second-order valence-electron chi connectivity index (χ2n) is 5.53. The Labute approximate surface area is 125 Å². The van der Waals surface area contributed by atoms with Crippen LogP contribution in [0.1, 0.15) is 56.6 Å². The van der Waals surface area contributed by atoms with Crippen LogP contribution in [0, 0.1) is 0 Å². The molecular weight excluding hydrogens is 274 g/mol. The molecule has 1 atom stereocenters. The van der Waals surface area contributed by atoms with E-state index in [0.29, 0.717) is 5.02 Å². The molecule has 20 heavy (non-hydrogen) atoms. The first-order valence-corrected chi connectivity index (χ1v) is 7.76. The number of aliphatic hydroxyl groups excluding tert-OH is 1. The smallest absolute Gasteiger partial charge is 0.223 e. The minimum Gasteiger partial charge on any atom is -0.388 e. The maximum atomic E-state index is 12.0. The number of hydrogen-bond donors (Lipinski definition) is 2. The number of carbonyl (C=O) groups excluding carboxylic acids is 1. The number of nitrogens with one attached hydrogen (secondary N) is 1. The summed E-state index contributed by atoms with van der Waals surface area (Å²) in [4.78, 5) is 12.0. The molecule has 1 amide bonds. The maximum absolute atomic E-state index is 12.0. The number of rotatable bonds is 4. The van der Waals surface area contributed by atoms with Gasteiger partial charge in [0, 0.05) is 11.1 Å². The Kier molecular flexibility index (Phi) is 5.86. The largest absolute Gasteiger partial charge is 0.388 e. The van der Waals surface area contributed by atoms with Crippen molar-refractivity contribution in [2.45, 2.75) is 57.1 Å². The first-order chi connectivity index (χ1) is 9.65. The van der Waals surface area contributed by atoms with Crippen molar-refractivity contribution in [2.24, 2.45) is 0 Å². The summed E-state index contributed by atoms with van der Waals surface area (Å²) in [5, 5.41) is 13.7. The van der Waals surface area contributed by atoms with Crippen molar-refractivity contribution in [3.05, 3.63) is 34.9 Å². The zero-order chi connectivity index (χ0) is 14.4. The van der Waals surface area contributed by atoms with Gasteiger partial charge in [-0.15, -0.1) is 0 Å². The molecule has 0 saturated heterocycles. The molecule has 0 aromatic heterocycles. The summed E-state index contributed by atoms with van der Waals surface area (Å²) in [5.74, 6) is -0.0700. The third-order valence-corrected chi connectivity index (χ3v) is 4.11. The van der Waals surface area contributed by atoms with Gasteiger partial charge in [-0.1, -0.05) is 49.4 Å². The minimum absolute atomic E-state index is 0.0700. The lowest BCUT2D eigenvalue weighted by Gasteiger charge is -2.18. The number of halogens is 1. The maximum Gasteiger partial charge on any atom is 0.223 e. The molecule has 3 nitrogen and oxygen atoms in total. The molecule has 0 spiro atoms. The van der Waals surface area contributed by atoms with Crippen LogP contribution in [0.2, 0.25) is 5.02 Å². The van der Waals surface area contributed by atoms with Crippen molar-refractivity contribution in [1.29, 1.82) is 0 Å². The predicted molar refractivity (Wildman–Crippen MR) is 80.7 cm³/mol. The Bertz CT molecular complexity index is 425. The standard InChI is InChI=1S/C16H22ClNO2/c17-13-9-7-12(8-10-13)15(19)11-16(20)18-14-5-3-1-2-4-6-14/h7-10,14-15,19H,1-6,11H2,(H,18,20). The van der Waals surface area contributed by atoms with Gasteiger partial charge in [-0.2, -0.15) is 0 Å². The second kappa shape index (κ2) is 7.65. The zero-order valence-corrected chi connectivity index (χ0v) is 12.4. The van der Waals surface area contributed by atoms with Crippen LogP contribution >= 0.6 is 11.6 Å². The van der Waals surface area contributed by atoms with Gasteiger partial charge in [0.15, 0.2) is 0 Å². The van der Waals surface area contributed by atoms with Crippen LogP contribution in [0.25, 0.3) is 0 Å². The number of hydrogen-bond acceptors (Lipinski definition) is 2. The molecule has 1 aromatic rings. The lowest BCUT2D eigenvalue weighted by atomic mass is 10.1. The van der Waals surface area contributed by atoms with Gasteiger partial charge in [0.1, 0.15) is 0 Å². The third-order valence-electron chi connectivity index (χ3n) is 3.85. The van der Waals surface area contributed by atoms with Gasteiger partial charge in [-0.05, 0) is 30.5 Å². The highest BCUT2D eigenvalue weighted by atomic mass is 35.5. The molecule has 1 unspecified atom stereocenters. The second-order valence-corrected chi connectivity index (χ2v) is 5.96. The van der Waals surface area contributed by atoms with Crippen LogP contribution in [0.5, 0.6) is 0 Å². The van der Waals surface area contributed by atoms with E-state index in [-0.39, 0.29) is 18.4 Å². The van der Waals surface area contributed by atoms with E-state index in [1.165, 1.54) is 25.7 Å². The van der Waals surface area contributed by atoms with Gasteiger partial charge >= 0.3 is 0 Å². The lowest BCUT2D eigenvalue weighted by molar-refractivity contribution is -0.123. The quantitative estimate of drug-likeness (QED) is 0.834. The Morgan fingerprint density at radius 3 is 2.40 bits per heavy atom. The van der Waals surface area contributed by atoms with E-state index in [4.69, 9.17) is 11.6 Å². The first kappa shape index (κ1) is 15.3. The molecule has 0 aliphatic heterocycles. The summed E-state index contributed by atoms with van der Waals surface area (Å²) >= 11 is 5.81. The summed E-state index contributed by atoms with van der Waals surface area (Å²) in [7, 11) is 0. The molecule has 2 N–H and O–H groups in total. The summed E-state index contributed by atoms with van der Waals surface area (Å²) in [6.45, 7) is 0. The van der Waals surface area contributed by atoms with Crippen molar-refractivity contribution in [3.63, 3.8) is 0 Å². The molecule has 1 fully saturated rings. The molecule has 4 heteroatoms. The van der Waals surface area contributed by atoms with Gasteiger partial charge in [-0.25, -0.2) is 0 Å². The van der Waals surface area contributed by atoms with Crippen molar-refractivity contribution < 1.29 is 9.90 Å². The molecule has 2 rings (SSSR count). The molecule has 1 aliphatic rings. The molecule has 110 valence electrons. The molecule has 0 heterocycles. The fourth-order valence-corrected chi connectivity index (χ4v) is 2.81. The Hall–Kier alpha value is -1.06. The molecule has 0 bridgehead atoms. The summed E-state index contributed by atoms with van der Waals surface area (Å²) in [5.41, 5.74) is 0.727. The molecule has 1 aliphatic carbocycles. The monoisotopic (exact) mass is 295 g/mol. The van der Waals surface area contributed by atoms with Crippen molar-refractivity contribution >= 4 is 17.5 Å². The average Bonchev–Trinajstić information content (AvgIpc) is 2.68. The van der Waals surface area contributed by atoms with Gasteiger partial charge in [-0.3, -0.25) is 4.79 Å². The van der Waals surface area contributed by atoms with Gasteiger partial charge < -0.3 is 10.4 Å². The van der Waals surface area contributed by atoms with E-state index in [2.05, 4.69) is 5.32 Å². The summed E-state index contributed by atoms with van der Waals surface area (Å²) < 4.78 is 0. The third kappa shape index (κ3) is 4.80. The van der Waals surface area contributed by atoms with Crippen LogP contribution in [0.4, 0.5) is 0 Å². The lowest BCUT2D eigenvalue weighted by Crippen LogP contribution is -2.35. The van der Waals surface area contributed by atoms with Crippen LogP contribution in [-0.2, 0) is 4.79 Å².